The van der Waals surface area contributed by atoms with Crippen LogP contribution < -0.4 is 10.6 Å². The number of aromatic nitrogens is 1. The second-order valence-electron chi connectivity index (χ2n) is 5.74. The second-order valence-corrected chi connectivity index (χ2v) is 5.74. The fraction of sp³-hybridized carbons (Fsp3) is 0.0476. The number of para-hydroxylation sites is 1. The van der Waals surface area contributed by atoms with Gasteiger partial charge in [0.1, 0.15) is 5.69 Å². The molecule has 28 heavy (non-hydrogen) atoms. The monoisotopic (exact) mass is 372 g/mol. The number of nitriles is 1. The van der Waals surface area contributed by atoms with Gasteiger partial charge in [0.15, 0.2) is 0 Å². The van der Waals surface area contributed by atoms with Crippen LogP contribution in [0.4, 0.5) is 17.1 Å². The highest BCUT2D eigenvalue weighted by Crippen LogP contribution is 2.20. The van der Waals surface area contributed by atoms with Crippen LogP contribution in [0.15, 0.2) is 66.9 Å². The molecular weight excluding hydrogens is 356 g/mol. The maximum Gasteiger partial charge on any atom is 0.339 e. The smallest absolute Gasteiger partial charge is 0.339 e. The Morgan fingerprint density at radius 1 is 1.04 bits per heavy atom. The largest absolute Gasteiger partial charge is 0.465 e. The number of hydrogen-bond acceptors (Lipinski definition) is 6. The molecule has 0 bridgehead atoms. The molecule has 1 amide bonds. The first kappa shape index (κ1) is 18.6. The molecule has 0 saturated carbocycles. The number of anilines is 3. The number of esters is 1. The van der Waals surface area contributed by atoms with E-state index in [0.717, 1.165) is 0 Å². The Bertz CT molecular complexity index is 1070. The lowest BCUT2D eigenvalue weighted by molar-refractivity contribution is 0.0602. The van der Waals surface area contributed by atoms with E-state index in [1.54, 1.807) is 54.6 Å². The van der Waals surface area contributed by atoms with E-state index in [1.807, 2.05) is 6.07 Å². The minimum absolute atomic E-state index is 0.168. The summed E-state index contributed by atoms with van der Waals surface area (Å²) < 4.78 is 4.73. The highest BCUT2D eigenvalue weighted by atomic mass is 16.5. The molecular formula is C21H16N4O3. The number of carbonyl (C=O) groups excluding carboxylic acids is 2. The van der Waals surface area contributed by atoms with Gasteiger partial charge in [0.2, 0.25) is 0 Å². The van der Waals surface area contributed by atoms with Gasteiger partial charge in [-0.1, -0.05) is 18.2 Å². The molecule has 0 radical (unpaired) electrons. The molecule has 138 valence electrons. The molecule has 0 unspecified atom stereocenters. The van der Waals surface area contributed by atoms with Crippen LogP contribution in [0.2, 0.25) is 0 Å². The van der Waals surface area contributed by atoms with Crippen LogP contribution in [0.5, 0.6) is 0 Å². The lowest BCUT2D eigenvalue weighted by atomic mass is 10.1. The second kappa shape index (κ2) is 8.47. The molecule has 0 fully saturated rings. The Labute approximate surface area is 161 Å². The van der Waals surface area contributed by atoms with Gasteiger partial charge in [-0.15, -0.1) is 0 Å². The van der Waals surface area contributed by atoms with E-state index >= 15 is 0 Å². The van der Waals surface area contributed by atoms with Crippen LogP contribution >= 0.6 is 0 Å². The average molecular weight is 372 g/mol. The van der Waals surface area contributed by atoms with Crippen LogP contribution in [0.1, 0.15) is 26.4 Å². The number of nitrogens with zero attached hydrogens (tertiary/aromatic N) is 2. The van der Waals surface area contributed by atoms with E-state index in [2.05, 4.69) is 21.7 Å². The SMILES string of the molecule is COC(=O)c1ccccc1NC(=O)c1cc(Nc2cccc(C#N)c2)ccn1. The normalized spacial score (nSPS) is 9.86. The average Bonchev–Trinajstić information content (AvgIpc) is 2.74. The third-order valence-electron chi connectivity index (χ3n) is 3.85. The van der Waals surface area contributed by atoms with E-state index in [-0.39, 0.29) is 11.3 Å². The number of hydrogen-bond donors (Lipinski definition) is 2. The van der Waals surface area contributed by atoms with Crippen molar-refractivity contribution in [3.05, 3.63) is 83.7 Å². The van der Waals surface area contributed by atoms with E-state index in [9.17, 15) is 9.59 Å². The predicted molar refractivity (Wildman–Crippen MR) is 104 cm³/mol. The molecule has 3 rings (SSSR count). The van der Waals surface area contributed by atoms with E-state index < -0.39 is 11.9 Å². The number of benzene rings is 2. The number of amides is 1. The zero-order valence-corrected chi connectivity index (χ0v) is 15.0. The van der Waals surface area contributed by atoms with Crippen molar-refractivity contribution in [3.63, 3.8) is 0 Å². The zero-order valence-electron chi connectivity index (χ0n) is 15.0. The number of carbonyl (C=O) groups is 2. The first-order valence-electron chi connectivity index (χ1n) is 8.32. The first-order valence-corrected chi connectivity index (χ1v) is 8.32. The van der Waals surface area contributed by atoms with Crippen molar-refractivity contribution in [3.8, 4) is 6.07 Å². The summed E-state index contributed by atoms with van der Waals surface area (Å²) in [5.74, 6) is -1.01. The van der Waals surface area contributed by atoms with Crippen LogP contribution in [0, 0.1) is 11.3 Å². The number of nitrogens with one attached hydrogen (secondary N) is 2. The Morgan fingerprint density at radius 3 is 2.61 bits per heavy atom. The number of rotatable bonds is 5. The van der Waals surface area contributed by atoms with Gasteiger partial charge in [-0.3, -0.25) is 9.78 Å². The fourth-order valence-electron chi connectivity index (χ4n) is 2.53. The van der Waals surface area contributed by atoms with Gasteiger partial charge in [-0.05, 0) is 42.5 Å². The number of ether oxygens (including phenoxy) is 1. The Balaban J connectivity index is 1.80. The standard InChI is InChI=1S/C21H16N4O3/c1-28-21(27)17-7-2-3-8-18(17)25-20(26)19-12-16(9-10-23-19)24-15-6-4-5-14(11-15)13-22/h2-12H,1H3,(H,23,24)(H,25,26). The Morgan fingerprint density at radius 2 is 1.82 bits per heavy atom. The first-order chi connectivity index (χ1) is 13.6. The number of pyridine rings is 1. The lowest BCUT2D eigenvalue weighted by Crippen LogP contribution is -2.16. The molecule has 0 aliphatic rings. The summed E-state index contributed by atoms with van der Waals surface area (Å²) in [6, 6.07) is 18.9. The van der Waals surface area contributed by atoms with Crippen molar-refractivity contribution in [2.75, 3.05) is 17.7 Å². The fourth-order valence-corrected chi connectivity index (χ4v) is 2.53. The maximum absolute atomic E-state index is 12.6. The molecule has 0 aliphatic heterocycles. The van der Waals surface area contributed by atoms with Gasteiger partial charge in [0.25, 0.3) is 5.91 Å². The van der Waals surface area contributed by atoms with Gasteiger partial charge in [-0.25, -0.2) is 4.79 Å². The summed E-state index contributed by atoms with van der Waals surface area (Å²) in [5.41, 5.74) is 2.63. The molecule has 2 N–H and O–H groups in total. The molecule has 0 spiro atoms. The van der Waals surface area contributed by atoms with E-state index in [4.69, 9.17) is 10.00 Å². The van der Waals surface area contributed by atoms with Crippen LogP contribution in [-0.2, 0) is 4.74 Å². The van der Waals surface area contributed by atoms with Gasteiger partial charge in [0, 0.05) is 17.6 Å². The van der Waals surface area contributed by atoms with Gasteiger partial charge in [0.05, 0.1) is 30.0 Å². The van der Waals surface area contributed by atoms with Crippen molar-refractivity contribution in [1.29, 1.82) is 5.26 Å². The minimum atomic E-state index is -0.545. The van der Waals surface area contributed by atoms with Crippen LogP contribution in [0.3, 0.4) is 0 Å². The Hall–Kier alpha value is -4.18. The Kier molecular flexibility index (Phi) is 5.63. The minimum Gasteiger partial charge on any atom is -0.465 e. The van der Waals surface area contributed by atoms with Gasteiger partial charge < -0.3 is 15.4 Å². The van der Waals surface area contributed by atoms with Crippen LogP contribution in [-0.4, -0.2) is 24.0 Å². The summed E-state index contributed by atoms with van der Waals surface area (Å²) in [6.07, 6.45) is 1.50. The summed E-state index contributed by atoms with van der Waals surface area (Å²) in [6.45, 7) is 0. The molecule has 0 atom stereocenters. The molecule has 1 aromatic heterocycles. The lowest BCUT2D eigenvalue weighted by Gasteiger charge is -2.11. The van der Waals surface area contributed by atoms with Gasteiger partial charge >= 0.3 is 5.97 Å². The van der Waals surface area contributed by atoms with Crippen molar-refractivity contribution < 1.29 is 14.3 Å². The third kappa shape index (κ3) is 4.31. The molecule has 7 nitrogen and oxygen atoms in total. The topological polar surface area (TPSA) is 104 Å². The molecule has 1 heterocycles. The highest BCUT2D eigenvalue weighted by Gasteiger charge is 2.15. The summed E-state index contributed by atoms with van der Waals surface area (Å²) in [7, 11) is 1.28. The molecule has 0 saturated heterocycles. The van der Waals surface area contributed by atoms with Crippen LogP contribution in [0.25, 0.3) is 0 Å². The van der Waals surface area contributed by atoms with Gasteiger partial charge in [-0.2, -0.15) is 5.26 Å². The summed E-state index contributed by atoms with van der Waals surface area (Å²) in [5, 5.41) is 14.8. The molecule has 2 aromatic carbocycles. The maximum atomic E-state index is 12.6. The summed E-state index contributed by atoms with van der Waals surface area (Å²) >= 11 is 0. The molecule has 7 heteroatoms. The zero-order chi connectivity index (χ0) is 19.9. The third-order valence-corrected chi connectivity index (χ3v) is 3.85. The van der Waals surface area contributed by atoms with Crippen molar-refractivity contribution >= 4 is 28.9 Å². The number of methoxy groups -OCH3 is 1. The quantitative estimate of drug-likeness (QED) is 0.661. The van der Waals surface area contributed by atoms with E-state index in [0.29, 0.717) is 22.6 Å². The van der Waals surface area contributed by atoms with E-state index in [1.165, 1.54) is 13.3 Å². The highest BCUT2D eigenvalue weighted by molar-refractivity contribution is 6.07. The molecule has 0 aliphatic carbocycles. The van der Waals surface area contributed by atoms with Crippen molar-refractivity contribution in [2.24, 2.45) is 0 Å². The van der Waals surface area contributed by atoms with Crippen molar-refractivity contribution in [1.82, 2.24) is 4.98 Å². The predicted octanol–water partition coefficient (Wildman–Crippen LogP) is 3.74. The molecule has 3 aromatic rings. The van der Waals surface area contributed by atoms with Crippen molar-refractivity contribution in [2.45, 2.75) is 0 Å². The summed E-state index contributed by atoms with van der Waals surface area (Å²) in [4.78, 5) is 28.5.